The summed E-state index contributed by atoms with van der Waals surface area (Å²) in [7, 11) is 0. The van der Waals surface area contributed by atoms with E-state index >= 15 is 0 Å². The number of hydrogen-bond donors (Lipinski definition) is 1. The van der Waals surface area contributed by atoms with Crippen LogP contribution in [0.1, 0.15) is 58.5 Å². The van der Waals surface area contributed by atoms with Gasteiger partial charge in [-0.05, 0) is 92.3 Å². The van der Waals surface area contributed by atoms with Gasteiger partial charge in [-0.1, -0.05) is 201 Å². The van der Waals surface area contributed by atoms with Crippen LogP contribution in [0.4, 0.5) is 0 Å². The Morgan fingerprint density at radius 1 is 0.651 bits per heavy atom. The molecule has 9 aromatic rings. The molecule has 8 aromatic carbocycles. The molecule has 2 atom stereocenters. The second-order valence-electron chi connectivity index (χ2n) is 16.8. The number of nitrogens with zero attached hydrogens (tertiary/aromatic N) is 3. The highest BCUT2D eigenvalue weighted by atomic mass is 15.0. The lowest BCUT2D eigenvalue weighted by Crippen LogP contribution is -2.31. The Hall–Kier alpha value is -7.66. The van der Waals surface area contributed by atoms with Gasteiger partial charge >= 0.3 is 0 Å². The second-order valence-corrected chi connectivity index (χ2v) is 16.8. The average Bonchev–Trinajstić information content (AvgIpc) is 3.84. The molecule has 0 saturated carbocycles. The first-order chi connectivity index (χ1) is 31.1. The fourth-order valence-electron chi connectivity index (χ4n) is 10.1. The van der Waals surface area contributed by atoms with Crippen LogP contribution in [0, 0.1) is 5.92 Å². The number of aromatic nitrogens is 1. The maximum Gasteiger partial charge on any atom is 0.156 e. The molecule has 0 spiro atoms. The van der Waals surface area contributed by atoms with E-state index in [0.717, 1.165) is 39.8 Å². The van der Waals surface area contributed by atoms with Crippen molar-refractivity contribution in [1.82, 2.24) is 4.57 Å². The molecule has 0 fully saturated rings. The van der Waals surface area contributed by atoms with Gasteiger partial charge < -0.3 is 10.3 Å². The highest BCUT2D eigenvalue weighted by Crippen LogP contribution is 2.60. The molecule has 0 amide bonds. The first kappa shape index (κ1) is 38.3. The van der Waals surface area contributed by atoms with E-state index < -0.39 is 11.6 Å². The minimum Gasteiger partial charge on any atom is -0.309 e. The molecule has 1 heterocycles. The number of allylic oxidation sites excluding steroid dienone is 4. The standard InChI is InChI=1S/C59H46N4/c1-40-30-32-49-52(36-40)59(46-25-13-5-14-26-46,47-27-15-6-16-28-47)51-34-35-53-56(55(49)51)50-33-31-44(42-20-9-3-10-21-42)38-54(50)63(53)48-29-17-24-45(37-48)57(60)62-58(43-22-11-4-12-23-43)61-39-41-18-7-2-8-19-41/h2-35,37-40,57H,36,60H2,1H3. The highest BCUT2D eigenvalue weighted by Gasteiger charge is 2.49. The summed E-state index contributed by atoms with van der Waals surface area (Å²) >= 11 is 0. The first-order valence-corrected chi connectivity index (χ1v) is 21.9. The summed E-state index contributed by atoms with van der Waals surface area (Å²) in [5.41, 5.74) is 23.1. The minimum atomic E-state index is -0.662. The number of nitrogens with two attached hydrogens (primary N) is 1. The Bertz CT molecular complexity index is 3210. The van der Waals surface area contributed by atoms with E-state index in [2.05, 4.69) is 169 Å². The molecule has 2 aliphatic rings. The van der Waals surface area contributed by atoms with Crippen molar-refractivity contribution in [2.24, 2.45) is 21.6 Å². The van der Waals surface area contributed by atoms with Gasteiger partial charge in [0.2, 0.25) is 0 Å². The fraction of sp³-hybridized carbons (Fsp3) is 0.0847. The lowest BCUT2D eigenvalue weighted by molar-refractivity contribution is 0.622. The van der Waals surface area contributed by atoms with Gasteiger partial charge in [0.25, 0.3) is 0 Å². The van der Waals surface area contributed by atoms with Crippen molar-refractivity contribution in [1.29, 1.82) is 0 Å². The topological polar surface area (TPSA) is 55.7 Å². The largest absolute Gasteiger partial charge is 0.309 e. The Labute approximate surface area is 368 Å². The van der Waals surface area contributed by atoms with Crippen LogP contribution in [0.2, 0.25) is 0 Å². The van der Waals surface area contributed by atoms with Crippen molar-refractivity contribution in [2.75, 3.05) is 0 Å². The molecule has 2 N–H and O–H groups in total. The normalized spacial score (nSPS) is 16.2. The van der Waals surface area contributed by atoms with E-state index in [1.165, 1.54) is 55.3 Å². The van der Waals surface area contributed by atoms with Crippen LogP contribution in [0.15, 0.2) is 234 Å². The van der Waals surface area contributed by atoms with Gasteiger partial charge in [0.1, 0.15) is 6.17 Å². The first-order valence-electron chi connectivity index (χ1n) is 21.9. The van der Waals surface area contributed by atoms with Crippen LogP contribution in [0.3, 0.4) is 0 Å². The van der Waals surface area contributed by atoms with Crippen molar-refractivity contribution in [2.45, 2.75) is 24.9 Å². The number of fused-ring (bicyclic) bond motifs is 6. The van der Waals surface area contributed by atoms with Crippen molar-refractivity contribution in [3.05, 3.63) is 263 Å². The van der Waals surface area contributed by atoms with E-state index in [1.807, 2.05) is 66.9 Å². The number of benzene rings is 8. The Morgan fingerprint density at radius 3 is 2.00 bits per heavy atom. The van der Waals surface area contributed by atoms with E-state index in [1.54, 1.807) is 0 Å². The van der Waals surface area contributed by atoms with Crippen LogP contribution in [-0.4, -0.2) is 16.6 Å². The number of amidine groups is 1. The molecule has 11 rings (SSSR count). The molecule has 0 radical (unpaired) electrons. The van der Waals surface area contributed by atoms with Crippen LogP contribution < -0.4 is 5.73 Å². The van der Waals surface area contributed by atoms with E-state index in [9.17, 15) is 0 Å². The van der Waals surface area contributed by atoms with Crippen LogP contribution in [0.25, 0.3) is 44.2 Å². The predicted molar refractivity (Wildman–Crippen MR) is 263 cm³/mol. The maximum atomic E-state index is 7.06. The van der Waals surface area contributed by atoms with Gasteiger partial charge in [-0.15, -0.1) is 0 Å². The lowest BCUT2D eigenvalue weighted by atomic mass is 9.65. The molecule has 1 aromatic heterocycles. The lowest BCUT2D eigenvalue weighted by Gasteiger charge is -2.37. The van der Waals surface area contributed by atoms with Gasteiger partial charge in [0.15, 0.2) is 5.84 Å². The Kier molecular flexibility index (Phi) is 9.71. The third-order valence-corrected chi connectivity index (χ3v) is 12.9. The molecular formula is C59H46N4. The maximum absolute atomic E-state index is 7.06. The third kappa shape index (κ3) is 6.59. The van der Waals surface area contributed by atoms with E-state index in [4.69, 9.17) is 15.7 Å². The Morgan fingerprint density at radius 2 is 1.30 bits per heavy atom. The summed E-state index contributed by atoms with van der Waals surface area (Å²) in [6.07, 6.45) is 6.98. The predicted octanol–water partition coefficient (Wildman–Crippen LogP) is 13.7. The second kappa shape index (κ2) is 16.0. The molecule has 2 unspecified atom stereocenters. The average molecular weight is 811 g/mol. The molecule has 302 valence electrons. The van der Waals surface area contributed by atoms with Crippen LogP contribution in [0.5, 0.6) is 0 Å². The highest BCUT2D eigenvalue weighted by molar-refractivity contribution is 6.17. The number of rotatable bonds is 8. The summed E-state index contributed by atoms with van der Waals surface area (Å²) in [4.78, 5) is 9.96. The van der Waals surface area contributed by atoms with E-state index in [-0.39, 0.29) is 0 Å². The SMILES string of the molecule is CC1C=CC2=C(C1)C(c1ccccc1)(c1ccccc1)c1ccc3c(c12)c1ccc(-c2ccccc2)cc1n3-c1cccc(C(N)N=C(N=Cc2ccccc2)c2ccccc2)c1. The number of hydrogen-bond acceptors (Lipinski definition) is 2. The Balaban J connectivity index is 1.15. The zero-order valence-corrected chi connectivity index (χ0v) is 35.1. The molecule has 63 heavy (non-hydrogen) atoms. The zero-order valence-electron chi connectivity index (χ0n) is 35.1. The zero-order chi connectivity index (χ0) is 42.3. The summed E-state index contributed by atoms with van der Waals surface area (Å²) in [6.45, 7) is 2.34. The monoisotopic (exact) mass is 810 g/mol. The minimum absolute atomic E-state index is 0.413. The van der Waals surface area contributed by atoms with Crippen molar-refractivity contribution >= 4 is 39.4 Å². The summed E-state index contributed by atoms with van der Waals surface area (Å²) in [6, 6.07) is 73.5. The van der Waals surface area contributed by atoms with Crippen molar-refractivity contribution in [3.63, 3.8) is 0 Å². The molecule has 0 saturated heterocycles. The van der Waals surface area contributed by atoms with Crippen LogP contribution >= 0.6 is 0 Å². The van der Waals surface area contributed by atoms with Gasteiger partial charge in [0, 0.05) is 28.2 Å². The molecule has 0 aliphatic heterocycles. The van der Waals surface area contributed by atoms with Crippen molar-refractivity contribution < 1.29 is 0 Å². The molecule has 4 nitrogen and oxygen atoms in total. The molecule has 4 heteroatoms. The summed E-state index contributed by atoms with van der Waals surface area (Å²) < 4.78 is 2.43. The van der Waals surface area contributed by atoms with Crippen molar-refractivity contribution in [3.8, 4) is 16.8 Å². The van der Waals surface area contributed by atoms with Crippen LogP contribution in [-0.2, 0) is 5.41 Å². The summed E-state index contributed by atoms with van der Waals surface area (Å²) in [5.74, 6) is 0.993. The third-order valence-electron chi connectivity index (χ3n) is 12.9. The van der Waals surface area contributed by atoms with E-state index in [0.29, 0.717) is 11.8 Å². The quantitative estimate of drug-likeness (QED) is 0.121. The van der Waals surface area contributed by atoms with Gasteiger partial charge in [-0.2, -0.15) is 0 Å². The number of aliphatic imine (C=N–C) groups is 2. The molecule has 2 aliphatic carbocycles. The van der Waals surface area contributed by atoms with Gasteiger partial charge in [-0.3, -0.25) is 0 Å². The summed E-state index contributed by atoms with van der Waals surface area (Å²) in [5, 5.41) is 2.48. The smallest absolute Gasteiger partial charge is 0.156 e. The van der Waals surface area contributed by atoms with Gasteiger partial charge in [-0.25, -0.2) is 9.98 Å². The molecule has 0 bridgehead atoms. The van der Waals surface area contributed by atoms with Gasteiger partial charge in [0.05, 0.1) is 16.4 Å². The molecular weight excluding hydrogens is 765 g/mol. The fourth-order valence-corrected chi connectivity index (χ4v) is 10.1.